The maximum atomic E-state index is 11.1. The highest BCUT2D eigenvalue weighted by Crippen LogP contribution is 2.19. The SMILES string of the molecule is [CH2]C(=O)c1ccccc1OC(C)C. The van der Waals surface area contributed by atoms with Crippen LogP contribution < -0.4 is 4.74 Å². The maximum absolute atomic E-state index is 11.1. The fraction of sp³-hybridized carbons (Fsp3) is 0.273. The van der Waals surface area contributed by atoms with E-state index in [-0.39, 0.29) is 11.9 Å². The molecule has 0 atom stereocenters. The van der Waals surface area contributed by atoms with E-state index in [1.165, 1.54) is 0 Å². The maximum Gasteiger partial charge on any atom is 0.167 e. The predicted octanol–water partition coefficient (Wildman–Crippen LogP) is 2.49. The van der Waals surface area contributed by atoms with Gasteiger partial charge in [-0.15, -0.1) is 0 Å². The summed E-state index contributed by atoms with van der Waals surface area (Å²) in [5, 5.41) is 0. The summed E-state index contributed by atoms with van der Waals surface area (Å²) in [7, 11) is 0. The lowest BCUT2D eigenvalue weighted by molar-refractivity contribution is 0.103. The minimum absolute atomic E-state index is 0.0699. The molecule has 0 aliphatic rings. The van der Waals surface area contributed by atoms with Gasteiger partial charge < -0.3 is 4.74 Å². The summed E-state index contributed by atoms with van der Waals surface area (Å²) in [5.74, 6) is 0.397. The minimum atomic E-state index is -0.212. The van der Waals surface area contributed by atoms with Gasteiger partial charge in [-0.1, -0.05) is 12.1 Å². The number of ketones is 1. The number of carbonyl (C=O) groups excluding carboxylic acids is 1. The fourth-order valence-electron chi connectivity index (χ4n) is 1.05. The molecule has 0 unspecified atom stereocenters. The van der Waals surface area contributed by atoms with Crippen LogP contribution in [0.1, 0.15) is 24.2 Å². The Morgan fingerprint density at radius 1 is 1.38 bits per heavy atom. The van der Waals surface area contributed by atoms with Gasteiger partial charge in [-0.05, 0) is 26.0 Å². The second-order valence-corrected chi connectivity index (χ2v) is 3.09. The number of Topliss-reactive ketones (excluding diaryl/α,β-unsaturated/α-hetero) is 1. The molecule has 0 saturated heterocycles. The van der Waals surface area contributed by atoms with Gasteiger partial charge in [-0.25, -0.2) is 0 Å². The van der Waals surface area contributed by atoms with Crippen molar-refractivity contribution in [3.05, 3.63) is 36.8 Å². The van der Waals surface area contributed by atoms with Crippen molar-refractivity contribution >= 4 is 5.78 Å². The van der Waals surface area contributed by atoms with Gasteiger partial charge in [-0.3, -0.25) is 4.79 Å². The highest BCUT2D eigenvalue weighted by molar-refractivity contribution is 6.01. The van der Waals surface area contributed by atoms with Gasteiger partial charge in [0.05, 0.1) is 11.7 Å². The normalized spacial score (nSPS) is 10.2. The summed E-state index contributed by atoms with van der Waals surface area (Å²) in [5.41, 5.74) is 0.538. The van der Waals surface area contributed by atoms with Crippen LogP contribution in [0.15, 0.2) is 24.3 Å². The Balaban J connectivity index is 2.98. The van der Waals surface area contributed by atoms with Crippen molar-refractivity contribution in [2.24, 2.45) is 0 Å². The number of benzene rings is 1. The van der Waals surface area contributed by atoms with Crippen LogP contribution in [0.25, 0.3) is 0 Å². The van der Waals surface area contributed by atoms with Gasteiger partial charge in [0.1, 0.15) is 5.75 Å². The largest absolute Gasteiger partial charge is 0.490 e. The molecule has 1 radical (unpaired) electrons. The predicted molar refractivity (Wildman–Crippen MR) is 51.9 cm³/mol. The van der Waals surface area contributed by atoms with E-state index in [2.05, 4.69) is 6.92 Å². The van der Waals surface area contributed by atoms with Crippen molar-refractivity contribution in [3.8, 4) is 5.75 Å². The number of ether oxygens (including phenoxy) is 1. The lowest BCUT2D eigenvalue weighted by Gasteiger charge is -2.11. The molecule has 0 fully saturated rings. The Labute approximate surface area is 78.5 Å². The topological polar surface area (TPSA) is 26.3 Å². The Hall–Kier alpha value is -1.31. The van der Waals surface area contributed by atoms with Crippen molar-refractivity contribution in [1.82, 2.24) is 0 Å². The molecule has 0 aliphatic heterocycles. The van der Waals surface area contributed by atoms with Crippen LogP contribution in [-0.2, 0) is 0 Å². The second-order valence-electron chi connectivity index (χ2n) is 3.09. The highest BCUT2D eigenvalue weighted by Gasteiger charge is 2.07. The van der Waals surface area contributed by atoms with Crippen LogP contribution in [-0.4, -0.2) is 11.9 Å². The first-order valence-corrected chi connectivity index (χ1v) is 4.23. The van der Waals surface area contributed by atoms with Crippen LogP contribution in [0.4, 0.5) is 0 Å². The molecule has 2 heteroatoms. The zero-order valence-electron chi connectivity index (χ0n) is 7.91. The van der Waals surface area contributed by atoms with E-state index in [4.69, 9.17) is 4.74 Å². The van der Waals surface area contributed by atoms with Crippen LogP contribution >= 0.6 is 0 Å². The molecular weight excluding hydrogens is 164 g/mol. The third kappa shape index (κ3) is 2.58. The highest BCUT2D eigenvalue weighted by atomic mass is 16.5. The molecule has 1 aromatic rings. The minimum Gasteiger partial charge on any atom is -0.490 e. The van der Waals surface area contributed by atoms with Gasteiger partial charge in [-0.2, -0.15) is 0 Å². The quantitative estimate of drug-likeness (QED) is 0.663. The first-order chi connectivity index (χ1) is 6.11. The molecule has 0 saturated carbocycles. The molecule has 0 N–H and O–H groups in total. The molecule has 2 nitrogen and oxygen atoms in total. The average Bonchev–Trinajstić information content (AvgIpc) is 2.03. The van der Waals surface area contributed by atoms with E-state index in [0.717, 1.165) is 0 Å². The zero-order chi connectivity index (χ0) is 9.84. The van der Waals surface area contributed by atoms with E-state index in [1.807, 2.05) is 19.9 Å². The van der Waals surface area contributed by atoms with Crippen molar-refractivity contribution in [2.75, 3.05) is 0 Å². The Kier molecular flexibility index (Phi) is 3.07. The third-order valence-electron chi connectivity index (χ3n) is 1.55. The summed E-state index contributed by atoms with van der Waals surface area (Å²) in [6.07, 6.45) is 0.0699. The van der Waals surface area contributed by atoms with Crippen LogP contribution in [0, 0.1) is 6.92 Å². The summed E-state index contributed by atoms with van der Waals surface area (Å²) in [4.78, 5) is 11.1. The lowest BCUT2D eigenvalue weighted by atomic mass is 10.1. The van der Waals surface area contributed by atoms with Gasteiger partial charge in [0.25, 0.3) is 0 Å². The van der Waals surface area contributed by atoms with Crippen molar-refractivity contribution in [3.63, 3.8) is 0 Å². The summed E-state index contributed by atoms with van der Waals surface area (Å²) < 4.78 is 5.45. The summed E-state index contributed by atoms with van der Waals surface area (Å²) in [6, 6.07) is 7.13. The standard InChI is InChI=1S/C11H13O2/c1-8(2)13-11-7-5-4-6-10(11)9(3)12/h4-8H,3H2,1-2H3. The zero-order valence-corrected chi connectivity index (χ0v) is 7.91. The van der Waals surface area contributed by atoms with E-state index in [0.29, 0.717) is 11.3 Å². The van der Waals surface area contributed by atoms with Crippen molar-refractivity contribution in [2.45, 2.75) is 20.0 Å². The van der Waals surface area contributed by atoms with E-state index >= 15 is 0 Å². The second kappa shape index (κ2) is 4.08. The van der Waals surface area contributed by atoms with Crippen LogP contribution in [0.2, 0.25) is 0 Å². The molecule has 69 valence electrons. The summed E-state index contributed by atoms with van der Waals surface area (Å²) >= 11 is 0. The number of carbonyl (C=O) groups is 1. The number of rotatable bonds is 3. The average molecular weight is 177 g/mol. The lowest BCUT2D eigenvalue weighted by Crippen LogP contribution is -2.08. The van der Waals surface area contributed by atoms with Gasteiger partial charge in [0, 0.05) is 6.92 Å². The third-order valence-corrected chi connectivity index (χ3v) is 1.55. The molecule has 0 aliphatic carbocycles. The fourth-order valence-corrected chi connectivity index (χ4v) is 1.05. The molecular formula is C11H13O2. The van der Waals surface area contributed by atoms with Crippen molar-refractivity contribution < 1.29 is 9.53 Å². The Morgan fingerprint density at radius 3 is 2.54 bits per heavy atom. The summed E-state index contributed by atoms with van der Waals surface area (Å²) in [6.45, 7) is 7.20. The first-order valence-electron chi connectivity index (χ1n) is 4.23. The molecule has 0 spiro atoms. The van der Waals surface area contributed by atoms with E-state index < -0.39 is 0 Å². The van der Waals surface area contributed by atoms with Crippen molar-refractivity contribution in [1.29, 1.82) is 0 Å². The molecule has 1 aromatic carbocycles. The monoisotopic (exact) mass is 177 g/mol. The molecule has 0 aromatic heterocycles. The number of para-hydroxylation sites is 1. The number of hydrogen-bond donors (Lipinski definition) is 0. The van der Waals surface area contributed by atoms with E-state index in [9.17, 15) is 4.79 Å². The number of hydrogen-bond acceptors (Lipinski definition) is 2. The molecule has 0 amide bonds. The Bertz CT molecular complexity index is 303. The molecule has 13 heavy (non-hydrogen) atoms. The molecule has 0 bridgehead atoms. The smallest absolute Gasteiger partial charge is 0.167 e. The van der Waals surface area contributed by atoms with E-state index in [1.54, 1.807) is 18.2 Å². The van der Waals surface area contributed by atoms with Crippen LogP contribution in [0.3, 0.4) is 0 Å². The van der Waals surface area contributed by atoms with Gasteiger partial charge in [0.15, 0.2) is 5.78 Å². The molecule has 0 heterocycles. The van der Waals surface area contributed by atoms with Crippen LogP contribution in [0.5, 0.6) is 5.75 Å². The van der Waals surface area contributed by atoms with Gasteiger partial charge in [0.2, 0.25) is 0 Å². The molecule has 1 rings (SSSR count). The Morgan fingerprint density at radius 2 is 2.00 bits per heavy atom. The van der Waals surface area contributed by atoms with Gasteiger partial charge >= 0.3 is 0 Å². The first kappa shape index (κ1) is 9.78.